The number of fused-ring (bicyclic) bond motifs is 1. The summed E-state index contributed by atoms with van der Waals surface area (Å²) < 4.78 is 1.32. The van der Waals surface area contributed by atoms with Crippen LogP contribution in [0.1, 0.15) is 15.9 Å². The van der Waals surface area contributed by atoms with Gasteiger partial charge in [0.2, 0.25) is 5.91 Å². The van der Waals surface area contributed by atoms with E-state index in [1.54, 1.807) is 43.5 Å². The largest absolute Gasteiger partial charge is 0.355 e. The minimum absolute atomic E-state index is 0.155. The van der Waals surface area contributed by atoms with E-state index in [0.29, 0.717) is 21.5 Å². The van der Waals surface area contributed by atoms with E-state index in [0.717, 1.165) is 16.0 Å². The van der Waals surface area contributed by atoms with E-state index in [1.807, 2.05) is 22.9 Å². The number of aromatic nitrogens is 2. The summed E-state index contributed by atoms with van der Waals surface area (Å²) in [4.78, 5) is 43.3. The maximum absolute atomic E-state index is 13.0. The molecule has 7 nitrogen and oxygen atoms in total. The number of anilines is 1. The number of aryl methyl sites for hydroxylation is 1. The topological polar surface area (TPSA) is 93.1 Å². The summed E-state index contributed by atoms with van der Waals surface area (Å²) in [5.41, 5.74) is 2.45. The molecule has 2 amide bonds. The molecule has 0 radical (unpaired) electrons. The molecule has 0 unspecified atom stereocenters. The van der Waals surface area contributed by atoms with Crippen molar-refractivity contribution in [3.63, 3.8) is 0 Å². The lowest BCUT2D eigenvalue weighted by molar-refractivity contribution is -0.116. The van der Waals surface area contributed by atoms with Gasteiger partial charge in [0.05, 0.1) is 11.7 Å². The van der Waals surface area contributed by atoms with E-state index in [9.17, 15) is 14.4 Å². The molecule has 0 spiro atoms. The average Bonchev–Trinajstić information content (AvgIpc) is 3.40. The summed E-state index contributed by atoms with van der Waals surface area (Å²) in [7, 11) is 1.56. The second-order valence-electron chi connectivity index (χ2n) is 6.64. The summed E-state index contributed by atoms with van der Waals surface area (Å²) in [6.07, 6.45) is 1.40. The predicted octanol–water partition coefficient (Wildman–Crippen LogP) is 3.49. The van der Waals surface area contributed by atoms with Crippen LogP contribution in [0.5, 0.6) is 0 Å². The third kappa shape index (κ3) is 3.77. The second-order valence-corrected chi connectivity index (χ2v) is 8.45. The van der Waals surface area contributed by atoms with E-state index in [1.165, 1.54) is 22.2 Å². The molecule has 1 aromatic carbocycles. The van der Waals surface area contributed by atoms with Crippen LogP contribution in [0, 0.1) is 6.92 Å². The number of amides is 2. The third-order valence-electron chi connectivity index (χ3n) is 4.65. The van der Waals surface area contributed by atoms with Gasteiger partial charge >= 0.3 is 0 Å². The van der Waals surface area contributed by atoms with Crippen LogP contribution in [0.2, 0.25) is 0 Å². The van der Waals surface area contributed by atoms with Gasteiger partial charge in [0.1, 0.15) is 11.4 Å². The van der Waals surface area contributed by atoms with Crippen LogP contribution in [0.3, 0.4) is 0 Å². The van der Waals surface area contributed by atoms with Gasteiger partial charge in [-0.1, -0.05) is 6.07 Å². The maximum atomic E-state index is 13.0. The average molecular weight is 439 g/mol. The van der Waals surface area contributed by atoms with Gasteiger partial charge in [-0.05, 0) is 42.1 Å². The molecule has 0 aliphatic rings. The van der Waals surface area contributed by atoms with Gasteiger partial charge in [0.15, 0.2) is 0 Å². The Morgan fingerprint density at radius 3 is 2.73 bits per heavy atom. The van der Waals surface area contributed by atoms with Crippen LogP contribution in [0.15, 0.2) is 52.2 Å². The number of benzene rings is 1. The zero-order valence-corrected chi connectivity index (χ0v) is 17.9. The van der Waals surface area contributed by atoms with Crippen molar-refractivity contribution < 1.29 is 9.59 Å². The summed E-state index contributed by atoms with van der Waals surface area (Å²) in [5, 5.41) is 9.78. The first-order valence-electron chi connectivity index (χ1n) is 9.11. The Balaban J connectivity index is 1.58. The number of thiophene rings is 2. The zero-order chi connectivity index (χ0) is 21.3. The van der Waals surface area contributed by atoms with Crippen LogP contribution >= 0.6 is 22.7 Å². The monoisotopic (exact) mass is 438 g/mol. The molecular weight excluding hydrogens is 420 g/mol. The Morgan fingerprint density at radius 2 is 2.03 bits per heavy atom. The Bertz CT molecular complexity index is 1310. The Labute approximate surface area is 180 Å². The first kappa shape index (κ1) is 20.0. The highest BCUT2D eigenvalue weighted by Crippen LogP contribution is 2.33. The van der Waals surface area contributed by atoms with E-state index >= 15 is 0 Å². The molecule has 3 heterocycles. The molecule has 0 aliphatic heterocycles. The SMILES string of the molecule is CNC(=O)c1ccc(NC(=O)Cn2cnc3scc(-c4cccs4)c3c2=O)c(C)c1. The zero-order valence-electron chi connectivity index (χ0n) is 16.3. The highest BCUT2D eigenvalue weighted by molar-refractivity contribution is 7.18. The number of carbonyl (C=O) groups excluding carboxylic acids is 2. The minimum Gasteiger partial charge on any atom is -0.355 e. The maximum Gasteiger partial charge on any atom is 0.263 e. The molecular formula is C21H18N4O3S2. The smallest absolute Gasteiger partial charge is 0.263 e. The first-order valence-corrected chi connectivity index (χ1v) is 10.9. The minimum atomic E-state index is -0.345. The molecule has 0 aliphatic carbocycles. The quantitative estimate of drug-likeness (QED) is 0.499. The molecule has 0 bridgehead atoms. The van der Waals surface area contributed by atoms with Gasteiger partial charge in [0, 0.05) is 34.1 Å². The number of carbonyl (C=O) groups is 2. The molecule has 0 saturated heterocycles. The van der Waals surface area contributed by atoms with Crippen LogP contribution in [-0.2, 0) is 11.3 Å². The Kier molecular flexibility index (Phi) is 5.47. The number of hydrogen-bond acceptors (Lipinski definition) is 6. The highest BCUT2D eigenvalue weighted by Gasteiger charge is 2.16. The molecule has 0 atom stereocenters. The van der Waals surface area contributed by atoms with Crippen molar-refractivity contribution in [1.82, 2.24) is 14.9 Å². The summed E-state index contributed by atoms with van der Waals surface area (Å²) in [6, 6.07) is 8.91. The van der Waals surface area contributed by atoms with Crippen molar-refractivity contribution in [2.45, 2.75) is 13.5 Å². The van der Waals surface area contributed by atoms with Crippen molar-refractivity contribution in [1.29, 1.82) is 0 Å². The van der Waals surface area contributed by atoms with Crippen molar-refractivity contribution in [2.24, 2.45) is 0 Å². The fraction of sp³-hybridized carbons (Fsp3) is 0.143. The summed E-state index contributed by atoms with van der Waals surface area (Å²) >= 11 is 2.97. The van der Waals surface area contributed by atoms with Crippen LogP contribution in [-0.4, -0.2) is 28.4 Å². The standard InChI is InChI=1S/C21H18N4O3S2/c1-12-8-13(19(27)22-2)5-6-15(12)24-17(26)9-25-11-23-20-18(21(25)28)14(10-30-20)16-4-3-7-29-16/h3-8,10-11H,9H2,1-2H3,(H,22,27)(H,24,26). The molecule has 9 heteroatoms. The molecule has 0 saturated carbocycles. The van der Waals surface area contributed by atoms with Gasteiger partial charge in [-0.25, -0.2) is 4.98 Å². The molecule has 2 N–H and O–H groups in total. The second kappa shape index (κ2) is 8.21. The molecule has 0 fully saturated rings. The fourth-order valence-electron chi connectivity index (χ4n) is 3.13. The van der Waals surface area contributed by atoms with Gasteiger partial charge in [0.25, 0.3) is 11.5 Å². The van der Waals surface area contributed by atoms with Crippen molar-refractivity contribution in [3.05, 3.63) is 68.9 Å². The Morgan fingerprint density at radius 1 is 1.20 bits per heavy atom. The van der Waals surface area contributed by atoms with E-state index in [-0.39, 0.29) is 23.9 Å². The number of nitrogens with zero attached hydrogens (tertiary/aromatic N) is 2. The number of rotatable bonds is 5. The van der Waals surface area contributed by atoms with Crippen molar-refractivity contribution in [3.8, 4) is 10.4 Å². The first-order chi connectivity index (χ1) is 14.5. The fourth-order valence-corrected chi connectivity index (χ4v) is 4.85. The number of hydrogen-bond donors (Lipinski definition) is 2. The summed E-state index contributed by atoms with van der Waals surface area (Å²) in [5.74, 6) is -0.541. The van der Waals surface area contributed by atoms with Crippen LogP contribution < -0.4 is 16.2 Å². The molecule has 3 aromatic heterocycles. The van der Waals surface area contributed by atoms with E-state index < -0.39 is 0 Å². The summed E-state index contributed by atoms with van der Waals surface area (Å²) in [6.45, 7) is 1.65. The van der Waals surface area contributed by atoms with Crippen molar-refractivity contribution >= 4 is 50.4 Å². The van der Waals surface area contributed by atoms with E-state index in [4.69, 9.17) is 0 Å². The Hall–Kier alpha value is -3.30. The highest BCUT2D eigenvalue weighted by atomic mass is 32.1. The van der Waals surface area contributed by atoms with E-state index in [2.05, 4.69) is 15.6 Å². The predicted molar refractivity (Wildman–Crippen MR) is 120 cm³/mol. The lowest BCUT2D eigenvalue weighted by atomic mass is 10.1. The van der Waals surface area contributed by atoms with Crippen LogP contribution in [0.25, 0.3) is 20.7 Å². The lowest BCUT2D eigenvalue weighted by Crippen LogP contribution is -2.28. The van der Waals surface area contributed by atoms with Gasteiger partial charge in [-0.2, -0.15) is 0 Å². The van der Waals surface area contributed by atoms with Gasteiger partial charge in [-0.15, -0.1) is 22.7 Å². The lowest BCUT2D eigenvalue weighted by Gasteiger charge is -2.11. The third-order valence-corrected chi connectivity index (χ3v) is 6.44. The molecule has 152 valence electrons. The van der Waals surface area contributed by atoms with Gasteiger partial charge < -0.3 is 10.6 Å². The molecule has 4 rings (SSSR count). The number of nitrogens with one attached hydrogen (secondary N) is 2. The van der Waals surface area contributed by atoms with Crippen molar-refractivity contribution in [2.75, 3.05) is 12.4 Å². The molecule has 30 heavy (non-hydrogen) atoms. The van der Waals surface area contributed by atoms with Gasteiger partial charge in [-0.3, -0.25) is 19.0 Å². The molecule has 4 aromatic rings. The van der Waals surface area contributed by atoms with Crippen LogP contribution in [0.4, 0.5) is 5.69 Å². The normalized spacial score (nSPS) is 10.9.